The summed E-state index contributed by atoms with van der Waals surface area (Å²) in [7, 11) is 0. The first-order chi connectivity index (χ1) is 10.5. The van der Waals surface area contributed by atoms with Crippen molar-refractivity contribution in [3.05, 3.63) is 66.3 Å². The number of Topliss-reactive ketones (excluding diaryl/α,β-unsaturated/α-hetero) is 2. The molecule has 2 aliphatic heterocycles. The molecule has 6 heteroatoms. The lowest BCUT2D eigenvalue weighted by atomic mass is 10.1. The summed E-state index contributed by atoms with van der Waals surface area (Å²) < 4.78 is 1.73. The number of thioether (sulfide) groups is 2. The molecule has 2 aromatic rings. The van der Waals surface area contributed by atoms with E-state index in [1.165, 1.54) is 23.5 Å². The van der Waals surface area contributed by atoms with Crippen molar-refractivity contribution < 1.29 is 9.59 Å². The quantitative estimate of drug-likeness (QED) is 0.479. The number of halogens is 2. The van der Waals surface area contributed by atoms with Gasteiger partial charge in [-0.25, -0.2) is 0 Å². The van der Waals surface area contributed by atoms with Crippen molar-refractivity contribution in [1.29, 1.82) is 0 Å². The predicted molar refractivity (Wildman–Crippen MR) is 95.7 cm³/mol. The van der Waals surface area contributed by atoms with Gasteiger partial charge in [0.2, 0.25) is 11.6 Å². The predicted octanol–water partition coefficient (Wildman–Crippen LogP) is 5.70. The van der Waals surface area contributed by atoms with Gasteiger partial charge < -0.3 is 0 Å². The molecule has 2 aliphatic rings. The van der Waals surface area contributed by atoms with E-state index >= 15 is 0 Å². The summed E-state index contributed by atoms with van der Waals surface area (Å²) in [5.41, 5.74) is 1.32. The smallest absolute Gasteiger partial charge is 0.202 e. The third kappa shape index (κ3) is 2.24. The zero-order chi connectivity index (χ0) is 15.4. The van der Waals surface area contributed by atoms with Crippen molar-refractivity contribution in [3.63, 3.8) is 0 Å². The molecule has 0 bridgehead atoms. The minimum Gasteiger partial charge on any atom is -0.288 e. The maximum atomic E-state index is 12.6. The van der Waals surface area contributed by atoms with Crippen LogP contribution in [0.15, 0.2) is 64.9 Å². The van der Waals surface area contributed by atoms with Crippen LogP contribution in [0.4, 0.5) is 0 Å². The van der Waals surface area contributed by atoms with Gasteiger partial charge in [0.25, 0.3) is 0 Å². The maximum absolute atomic E-state index is 12.6. The molecule has 2 aromatic carbocycles. The van der Waals surface area contributed by atoms with Crippen LogP contribution < -0.4 is 0 Å². The highest BCUT2D eigenvalue weighted by molar-refractivity contribution is 9.10. The van der Waals surface area contributed by atoms with Crippen molar-refractivity contribution >= 4 is 67.0 Å². The summed E-state index contributed by atoms with van der Waals surface area (Å²) in [6.45, 7) is 0. The fourth-order valence-corrected chi connectivity index (χ4v) is 5.38. The van der Waals surface area contributed by atoms with E-state index in [0.717, 1.165) is 18.7 Å². The second kappa shape index (κ2) is 5.37. The molecule has 0 atom stereocenters. The monoisotopic (exact) mass is 452 g/mol. The van der Waals surface area contributed by atoms with Crippen LogP contribution in [0, 0.1) is 0 Å². The zero-order valence-corrected chi connectivity index (χ0v) is 15.7. The fourth-order valence-electron chi connectivity index (χ4n) is 2.39. The molecular formula is C16H6Br2O2S2. The van der Waals surface area contributed by atoms with E-state index in [-0.39, 0.29) is 11.6 Å². The van der Waals surface area contributed by atoms with Gasteiger partial charge in [0.1, 0.15) is 0 Å². The zero-order valence-electron chi connectivity index (χ0n) is 10.9. The van der Waals surface area contributed by atoms with Gasteiger partial charge in [-0.1, -0.05) is 55.4 Å². The van der Waals surface area contributed by atoms with Crippen LogP contribution in [0.1, 0.15) is 20.7 Å². The lowest BCUT2D eigenvalue weighted by Gasteiger charge is -1.98. The summed E-state index contributed by atoms with van der Waals surface area (Å²) in [5.74, 6) is -0.131. The summed E-state index contributed by atoms with van der Waals surface area (Å²) >= 11 is 9.54. The van der Waals surface area contributed by atoms with Gasteiger partial charge in [-0.15, -0.1) is 0 Å². The van der Waals surface area contributed by atoms with Crippen molar-refractivity contribution in [2.24, 2.45) is 0 Å². The molecule has 108 valence electrons. The van der Waals surface area contributed by atoms with Crippen LogP contribution >= 0.6 is 55.4 Å². The minimum absolute atomic E-state index is 0.0657. The summed E-state index contributed by atoms with van der Waals surface area (Å²) in [6.07, 6.45) is 0. The third-order valence-electron chi connectivity index (χ3n) is 3.42. The molecule has 2 heterocycles. The average molecular weight is 454 g/mol. The van der Waals surface area contributed by atoms with Crippen LogP contribution in [0.2, 0.25) is 0 Å². The number of allylic oxidation sites excluding steroid dienone is 2. The fraction of sp³-hybridized carbons (Fsp3) is 0. The first kappa shape index (κ1) is 14.8. The third-order valence-corrected chi connectivity index (χ3v) is 6.87. The Hall–Kier alpha value is -0.820. The number of hydrogen-bond donors (Lipinski definition) is 0. The number of rotatable bonds is 0. The maximum Gasteiger partial charge on any atom is 0.202 e. The highest BCUT2D eigenvalue weighted by Gasteiger charge is 2.36. The van der Waals surface area contributed by atoms with Gasteiger partial charge in [-0.05, 0) is 36.4 Å². The molecular weight excluding hydrogens is 448 g/mol. The van der Waals surface area contributed by atoms with Gasteiger partial charge in [-0.3, -0.25) is 9.59 Å². The standard InChI is InChI=1S/C16H6Br2O2S2/c17-7-1-3-11-9(5-7)13(19)15(21-11)16-14(20)10-6-8(18)2-4-12(10)22-16/h1-6H/b16-15+. The van der Waals surface area contributed by atoms with E-state index in [0.29, 0.717) is 20.9 Å². The van der Waals surface area contributed by atoms with Crippen LogP contribution in [0.5, 0.6) is 0 Å². The molecule has 0 amide bonds. The number of benzene rings is 2. The summed E-state index contributed by atoms with van der Waals surface area (Å²) in [5, 5.41) is 0. The lowest BCUT2D eigenvalue weighted by Crippen LogP contribution is -2.02. The largest absolute Gasteiger partial charge is 0.288 e. The van der Waals surface area contributed by atoms with Gasteiger partial charge >= 0.3 is 0 Å². The molecule has 0 unspecified atom stereocenters. The average Bonchev–Trinajstić information content (AvgIpc) is 2.98. The number of hydrogen-bond acceptors (Lipinski definition) is 4. The Bertz CT molecular complexity index is 830. The minimum atomic E-state index is -0.0657. The summed E-state index contributed by atoms with van der Waals surface area (Å²) in [4.78, 5) is 28.1. The number of carbonyl (C=O) groups is 2. The highest BCUT2D eigenvalue weighted by atomic mass is 79.9. The first-order valence-corrected chi connectivity index (χ1v) is 9.55. The number of fused-ring (bicyclic) bond motifs is 2. The molecule has 0 radical (unpaired) electrons. The van der Waals surface area contributed by atoms with Gasteiger partial charge in [0.15, 0.2) is 0 Å². The molecule has 0 saturated heterocycles. The van der Waals surface area contributed by atoms with Gasteiger partial charge in [0.05, 0.1) is 9.81 Å². The molecule has 0 spiro atoms. The van der Waals surface area contributed by atoms with E-state index < -0.39 is 0 Å². The van der Waals surface area contributed by atoms with Crippen LogP contribution in [0.25, 0.3) is 0 Å². The SMILES string of the molecule is O=C1/C(=C2\Sc3ccc(Br)cc3C2=O)Sc2ccc(Br)cc21. The number of carbonyl (C=O) groups excluding carboxylic acids is 2. The Morgan fingerprint density at radius 3 is 1.50 bits per heavy atom. The molecule has 0 aliphatic carbocycles. The molecule has 4 rings (SSSR count). The second-order valence-corrected chi connectivity index (χ2v) is 8.74. The van der Waals surface area contributed by atoms with Crippen molar-refractivity contribution in [1.82, 2.24) is 0 Å². The van der Waals surface area contributed by atoms with Gasteiger partial charge in [0, 0.05) is 29.9 Å². The number of ketones is 2. The summed E-state index contributed by atoms with van der Waals surface area (Å²) in [6, 6.07) is 11.2. The van der Waals surface area contributed by atoms with Crippen molar-refractivity contribution in [3.8, 4) is 0 Å². The van der Waals surface area contributed by atoms with Crippen molar-refractivity contribution in [2.75, 3.05) is 0 Å². The van der Waals surface area contributed by atoms with E-state index in [1.54, 1.807) is 0 Å². The van der Waals surface area contributed by atoms with Crippen molar-refractivity contribution in [2.45, 2.75) is 9.79 Å². The Labute approximate surface area is 152 Å². The Kier molecular flexibility index (Phi) is 3.60. The van der Waals surface area contributed by atoms with E-state index in [1.807, 2.05) is 36.4 Å². The molecule has 22 heavy (non-hydrogen) atoms. The molecule has 0 N–H and O–H groups in total. The van der Waals surface area contributed by atoms with E-state index in [9.17, 15) is 9.59 Å². The topological polar surface area (TPSA) is 34.1 Å². The van der Waals surface area contributed by atoms with Gasteiger partial charge in [-0.2, -0.15) is 0 Å². The second-order valence-electron chi connectivity index (χ2n) is 4.80. The highest BCUT2D eigenvalue weighted by Crippen LogP contribution is 2.50. The molecule has 0 saturated carbocycles. The normalized spacial score (nSPS) is 19.5. The lowest BCUT2D eigenvalue weighted by molar-refractivity contribution is 0.101. The molecule has 0 fully saturated rings. The van der Waals surface area contributed by atoms with E-state index in [2.05, 4.69) is 31.9 Å². The Morgan fingerprint density at radius 2 is 1.09 bits per heavy atom. The Balaban J connectivity index is 1.82. The first-order valence-electron chi connectivity index (χ1n) is 6.33. The Morgan fingerprint density at radius 1 is 0.682 bits per heavy atom. The molecule has 0 aromatic heterocycles. The molecule has 2 nitrogen and oxygen atoms in total. The van der Waals surface area contributed by atoms with Crippen LogP contribution in [-0.4, -0.2) is 11.6 Å². The van der Waals surface area contributed by atoms with E-state index in [4.69, 9.17) is 0 Å². The van der Waals surface area contributed by atoms with Crippen LogP contribution in [-0.2, 0) is 0 Å². The van der Waals surface area contributed by atoms with Crippen LogP contribution in [0.3, 0.4) is 0 Å².